The molecule has 0 saturated heterocycles. The van der Waals surface area contributed by atoms with Crippen LogP contribution in [0.25, 0.3) is 0 Å². The van der Waals surface area contributed by atoms with Crippen LogP contribution < -0.4 is 4.74 Å². The quantitative estimate of drug-likeness (QED) is 0.746. The first kappa shape index (κ1) is 14.2. The Bertz CT molecular complexity index is 611. The maximum absolute atomic E-state index is 11.3. The smallest absolute Gasteiger partial charge is 0.256 e. The van der Waals surface area contributed by atoms with Crippen LogP contribution in [0.5, 0.6) is 5.75 Å². The molecular formula is C14H9Cl3O2. The lowest BCUT2D eigenvalue weighted by molar-refractivity contribution is 0.107. The van der Waals surface area contributed by atoms with E-state index in [0.717, 1.165) is 5.56 Å². The Balaban J connectivity index is 2.20. The first-order valence-corrected chi connectivity index (χ1v) is 6.57. The minimum absolute atomic E-state index is 0.237. The second-order valence-electron chi connectivity index (χ2n) is 3.79. The summed E-state index contributed by atoms with van der Waals surface area (Å²) in [5, 5.41) is 0.418. The highest BCUT2D eigenvalue weighted by atomic mass is 35.5. The van der Waals surface area contributed by atoms with Crippen molar-refractivity contribution in [3.8, 4) is 5.75 Å². The van der Waals surface area contributed by atoms with Gasteiger partial charge in [-0.3, -0.25) is 4.79 Å². The summed E-state index contributed by atoms with van der Waals surface area (Å²) >= 11 is 17.3. The topological polar surface area (TPSA) is 26.3 Å². The lowest BCUT2D eigenvalue weighted by atomic mass is 10.2. The number of hydrogen-bond acceptors (Lipinski definition) is 2. The molecule has 2 aromatic rings. The van der Waals surface area contributed by atoms with E-state index in [1.807, 2.05) is 18.2 Å². The minimum atomic E-state index is -0.614. The van der Waals surface area contributed by atoms with Crippen LogP contribution in [-0.2, 0) is 6.61 Å². The Morgan fingerprint density at radius 3 is 2.53 bits per heavy atom. The number of halogens is 3. The molecule has 0 atom stereocenters. The van der Waals surface area contributed by atoms with E-state index in [9.17, 15) is 4.79 Å². The number of carbonyl (C=O) groups excluding carboxylic acids is 1. The monoisotopic (exact) mass is 314 g/mol. The van der Waals surface area contributed by atoms with E-state index < -0.39 is 5.24 Å². The zero-order chi connectivity index (χ0) is 13.8. The summed E-state index contributed by atoms with van der Waals surface area (Å²) in [5.41, 5.74) is 1.06. The van der Waals surface area contributed by atoms with Crippen molar-refractivity contribution < 1.29 is 9.53 Å². The number of carbonyl (C=O) groups is 1. The second kappa shape index (κ2) is 6.29. The molecular weight excluding hydrogens is 307 g/mol. The standard InChI is InChI=1S/C14H9Cl3O2/c15-10-5-6-13(11(7-10)14(17)18)19-8-9-3-1-2-4-12(9)16/h1-7H,8H2. The van der Waals surface area contributed by atoms with Crippen LogP contribution in [0.2, 0.25) is 10.0 Å². The largest absolute Gasteiger partial charge is 0.488 e. The number of hydrogen-bond donors (Lipinski definition) is 0. The molecule has 2 aromatic carbocycles. The van der Waals surface area contributed by atoms with Gasteiger partial charge in [-0.15, -0.1) is 0 Å². The molecule has 0 radical (unpaired) electrons. The van der Waals surface area contributed by atoms with E-state index in [2.05, 4.69) is 0 Å². The van der Waals surface area contributed by atoms with Gasteiger partial charge in [0, 0.05) is 15.6 Å². The van der Waals surface area contributed by atoms with Crippen molar-refractivity contribution in [3.05, 3.63) is 63.6 Å². The van der Waals surface area contributed by atoms with Crippen LogP contribution >= 0.6 is 34.8 Å². The van der Waals surface area contributed by atoms with Gasteiger partial charge in [-0.25, -0.2) is 0 Å². The molecule has 0 spiro atoms. The van der Waals surface area contributed by atoms with Gasteiger partial charge in [0.1, 0.15) is 12.4 Å². The van der Waals surface area contributed by atoms with Crippen molar-refractivity contribution in [1.29, 1.82) is 0 Å². The van der Waals surface area contributed by atoms with Gasteiger partial charge in [0.2, 0.25) is 0 Å². The lowest BCUT2D eigenvalue weighted by Gasteiger charge is -2.10. The third kappa shape index (κ3) is 3.63. The van der Waals surface area contributed by atoms with E-state index in [1.54, 1.807) is 18.2 Å². The zero-order valence-corrected chi connectivity index (χ0v) is 12.0. The molecule has 0 amide bonds. The van der Waals surface area contributed by atoms with E-state index in [0.29, 0.717) is 15.8 Å². The van der Waals surface area contributed by atoms with E-state index in [1.165, 1.54) is 6.07 Å². The normalized spacial score (nSPS) is 10.3. The van der Waals surface area contributed by atoms with Crippen molar-refractivity contribution in [3.63, 3.8) is 0 Å². The third-order valence-electron chi connectivity index (χ3n) is 2.49. The molecule has 5 heteroatoms. The maximum Gasteiger partial charge on any atom is 0.256 e. The molecule has 2 rings (SSSR count). The summed E-state index contributed by atoms with van der Waals surface area (Å²) in [7, 11) is 0. The molecule has 98 valence electrons. The fraction of sp³-hybridized carbons (Fsp3) is 0.0714. The highest BCUT2D eigenvalue weighted by molar-refractivity contribution is 6.68. The van der Waals surface area contributed by atoms with E-state index >= 15 is 0 Å². The van der Waals surface area contributed by atoms with Crippen LogP contribution in [0.15, 0.2) is 42.5 Å². The van der Waals surface area contributed by atoms with Gasteiger partial charge in [0.05, 0.1) is 5.56 Å². The van der Waals surface area contributed by atoms with Gasteiger partial charge in [-0.05, 0) is 35.9 Å². The summed E-state index contributed by atoms with van der Waals surface area (Å²) in [5.74, 6) is 0.379. The summed E-state index contributed by atoms with van der Waals surface area (Å²) in [6.07, 6.45) is 0. The molecule has 0 aromatic heterocycles. The molecule has 0 aliphatic rings. The molecule has 19 heavy (non-hydrogen) atoms. The van der Waals surface area contributed by atoms with E-state index in [-0.39, 0.29) is 12.2 Å². The lowest BCUT2D eigenvalue weighted by Crippen LogP contribution is -2.01. The molecule has 0 saturated carbocycles. The first-order valence-electron chi connectivity index (χ1n) is 5.43. The van der Waals surface area contributed by atoms with Crippen molar-refractivity contribution in [2.75, 3.05) is 0 Å². The Morgan fingerprint density at radius 1 is 1.11 bits per heavy atom. The van der Waals surface area contributed by atoms with Crippen LogP contribution in [0.3, 0.4) is 0 Å². The number of rotatable bonds is 4. The van der Waals surface area contributed by atoms with Crippen LogP contribution in [0.1, 0.15) is 15.9 Å². The SMILES string of the molecule is O=C(Cl)c1cc(Cl)ccc1OCc1ccccc1Cl. The minimum Gasteiger partial charge on any atom is -0.488 e. The highest BCUT2D eigenvalue weighted by Crippen LogP contribution is 2.26. The van der Waals surface area contributed by atoms with Gasteiger partial charge in [-0.2, -0.15) is 0 Å². The Morgan fingerprint density at radius 2 is 1.84 bits per heavy atom. The van der Waals surface area contributed by atoms with E-state index in [4.69, 9.17) is 39.5 Å². The van der Waals surface area contributed by atoms with Crippen molar-refractivity contribution in [2.45, 2.75) is 6.61 Å². The average molecular weight is 316 g/mol. The molecule has 2 nitrogen and oxygen atoms in total. The summed E-state index contributed by atoms with van der Waals surface area (Å²) in [6.45, 7) is 0.248. The van der Waals surface area contributed by atoms with Crippen molar-refractivity contribution in [1.82, 2.24) is 0 Å². The fourth-order valence-electron chi connectivity index (χ4n) is 1.55. The Hall–Kier alpha value is -1.22. The fourth-order valence-corrected chi connectivity index (χ4v) is 2.06. The van der Waals surface area contributed by atoms with Gasteiger partial charge >= 0.3 is 0 Å². The molecule has 0 unspecified atom stereocenters. The first-order chi connectivity index (χ1) is 9.08. The van der Waals surface area contributed by atoms with Gasteiger partial charge in [-0.1, -0.05) is 41.4 Å². The Kier molecular flexibility index (Phi) is 4.70. The maximum atomic E-state index is 11.3. The predicted octanol–water partition coefficient (Wildman–Crippen LogP) is 4.95. The molecule has 0 bridgehead atoms. The third-order valence-corrected chi connectivity index (χ3v) is 3.30. The molecule has 0 fully saturated rings. The van der Waals surface area contributed by atoms with Gasteiger partial charge < -0.3 is 4.74 Å². The number of benzene rings is 2. The van der Waals surface area contributed by atoms with Crippen LogP contribution in [0, 0.1) is 0 Å². The molecule has 0 aliphatic carbocycles. The average Bonchev–Trinajstić information content (AvgIpc) is 2.38. The summed E-state index contributed by atoms with van der Waals surface area (Å²) in [4.78, 5) is 11.3. The molecule has 0 aliphatic heterocycles. The second-order valence-corrected chi connectivity index (χ2v) is 4.98. The molecule has 0 heterocycles. The Labute approximate surface area is 125 Å². The summed E-state index contributed by atoms with van der Waals surface area (Å²) in [6, 6.07) is 12.0. The van der Waals surface area contributed by atoms with Crippen molar-refractivity contribution in [2.24, 2.45) is 0 Å². The zero-order valence-electron chi connectivity index (χ0n) is 9.70. The number of ether oxygens (including phenoxy) is 1. The van der Waals surface area contributed by atoms with Gasteiger partial charge in [0.15, 0.2) is 0 Å². The van der Waals surface area contributed by atoms with Crippen LogP contribution in [0.4, 0.5) is 0 Å². The highest BCUT2D eigenvalue weighted by Gasteiger charge is 2.11. The van der Waals surface area contributed by atoms with Gasteiger partial charge in [0.25, 0.3) is 5.24 Å². The summed E-state index contributed by atoms with van der Waals surface area (Å²) < 4.78 is 5.57. The van der Waals surface area contributed by atoms with Crippen molar-refractivity contribution >= 4 is 40.0 Å². The predicted molar refractivity (Wildman–Crippen MR) is 77.4 cm³/mol. The molecule has 0 N–H and O–H groups in total. The van der Waals surface area contributed by atoms with Crippen LogP contribution in [-0.4, -0.2) is 5.24 Å².